The summed E-state index contributed by atoms with van der Waals surface area (Å²) < 4.78 is 14.7. The van der Waals surface area contributed by atoms with E-state index in [1.807, 2.05) is 0 Å². The van der Waals surface area contributed by atoms with Gasteiger partial charge in [-0.2, -0.15) is 0 Å². The minimum atomic E-state index is -4.37. The molecule has 3 aromatic carbocycles. The minimum absolute atomic E-state index is 0.418. The van der Waals surface area contributed by atoms with Gasteiger partial charge in [-0.05, 0) is 18.2 Å². The summed E-state index contributed by atoms with van der Waals surface area (Å²) in [5.41, 5.74) is -3.79. The standard InChI is InChI=1S/3C7H5NO4.Al/c3*9-7(10)5-3-1-2-4-6(5)8(11)12;/h3*1-4H,(H,9,10);/q;;;+3/p-3. The van der Waals surface area contributed by atoms with Gasteiger partial charge in [0, 0.05) is 18.2 Å². The van der Waals surface area contributed by atoms with Crippen molar-refractivity contribution in [3.63, 3.8) is 0 Å². The Labute approximate surface area is 210 Å². The molecule has 0 saturated carbocycles. The molecule has 0 spiro atoms. The third-order valence-electron chi connectivity index (χ3n) is 4.51. The molecule has 0 aliphatic rings. The lowest BCUT2D eigenvalue weighted by Gasteiger charge is -2.05. The van der Waals surface area contributed by atoms with Gasteiger partial charge in [0.15, 0.2) is 0 Å². The fourth-order valence-corrected chi connectivity index (χ4v) is 3.80. The van der Waals surface area contributed by atoms with Gasteiger partial charge >= 0.3 is 32.2 Å². The summed E-state index contributed by atoms with van der Waals surface area (Å²) in [5, 5.41) is 34.0. The van der Waals surface area contributed by atoms with E-state index in [0.717, 1.165) is 36.4 Å². The predicted octanol–water partition coefficient (Wildman–Crippen LogP) is -0.812. The maximum atomic E-state index is 12.6. The van der Waals surface area contributed by atoms with Crippen LogP contribution in [0.3, 0.4) is 0 Å². The van der Waals surface area contributed by atoms with Crippen LogP contribution in [0.15, 0.2) is 72.8 Å². The summed E-state index contributed by atoms with van der Waals surface area (Å²) >= 11 is -4.37. The SMILES string of the molecule is O=C([O-])c1ccccc1[N+](=O)[O][Al]([O][N+](=O)c1ccccc1C(=O)[O-])[O][N+](=O)c1ccccc1C(=O)[O-]. The quantitative estimate of drug-likeness (QED) is 0.210. The molecule has 0 N–H and O–H groups in total. The van der Waals surface area contributed by atoms with Crippen LogP contribution in [0.4, 0.5) is 17.1 Å². The van der Waals surface area contributed by atoms with Gasteiger partial charge in [0.2, 0.25) is 14.8 Å². The van der Waals surface area contributed by atoms with Crippen LogP contribution >= 0.6 is 0 Å². The molecule has 16 heteroatoms. The Morgan fingerprint density at radius 2 is 0.757 bits per heavy atom. The number of hydrogen-bond donors (Lipinski definition) is 0. The number of rotatable bonds is 12. The van der Waals surface area contributed by atoms with Crippen molar-refractivity contribution < 1.29 is 56.1 Å². The lowest BCUT2D eigenvalue weighted by Crippen LogP contribution is -2.36. The first kappa shape index (κ1) is 26.4. The van der Waals surface area contributed by atoms with E-state index in [4.69, 9.17) is 11.7 Å². The first-order valence-corrected chi connectivity index (χ1v) is 11.3. The second-order valence-corrected chi connectivity index (χ2v) is 8.00. The molecule has 0 bridgehead atoms. The number of carboxylic acids is 3. The van der Waals surface area contributed by atoms with Crippen molar-refractivity contribution >= 4 is 50.1 Å². The molecule has 3 aromatic rings. The van der Waals surface area contributed by atoms with Crippen LogP contribution in [0.5, 0.6) is 0 Å². The molecule has 0 unspecified atom stereocenters. The van der Waals surface area contributed by atoms with Crippen molar-refractivity contribution in [3.8, 4) is 0 Å². The van der Waals surface area contributed by atoms with E-state index in [2.05, 4.69) is 0 Å². The summed E-state index contributed by atoms with van der Waals surface area (Å²) in [6, 6.07) is 13.6. The highest BCUT2D eigenvalue weighted by atomic mass is 27.3. The molecule has 0 heterocycles. The zero-order chi connectivity index (χ0) is 27.1. The number of carbonyl (C=O) groups is 3. The summed E-state index contributed by atoms with van der Waals surface area (Å²) in [7, 11) is 0. The van der Waals surface area contributed by atoms with Crippen LogP contribution in [-0.2, 0) is 11.7 Å². The first-order chi connectivity index (χ1) is 17.6. The Morgan fingerprint density at radius 1 is 0.514 bits per heavy atom. The van der Waals surface area contributed by atoms with Crippen LogP contribution in [0.25, 0.3) is 0 Å². The van der Waals surface area contributed by atoms with Gasteiger partial charge in [0.05, 0.1) is 49.3 Å². The van der Waals surface area contributed by atoms with Gasteiger partial charge in [-0.25, -0.2) is 0 Å². The van der Waals surface area contributed by atoms with Crippen LogP contribution in [0.2, 0.25) is 0 Å². The minimum Gasteiger partial charge on any atom is -0.545 e. The monoisotopic (exact) mass is 525 g/mol. The summed E-state index contributed by atoms with van der Waals surface area (Å²) in [5.74, 6) is -5.29. The zero-order valence-electron chi connectivity index (χ0n) is 18.2. The van der Waals surface area contributed by atoms with Gasteiger partial charge in [0.1, 0.15) is 0 Å². The van der Waals surface area contributed by atoms with E-state index in [1.165, 1.54) is 36.4 Å². The average Bonchev–Trinajstić information content (AvgIpc) is 2.88. The Kier molecular flexibility index (Phi) is 8.20. The van der Waals surface area contributed by atoms with E-state index < -0.39 is 81.6 Å². The molecular formula is C21H12AlN3O12. The molecule has 186 valence electrons. The highest BCUT2D eigenvalue weighted by molar-refractivity contribution is 6.35. The fraction of sp³-hybridized carbons (Fsp3) is 0. The molecule has 15 nitrogen and oxygen atoms in total. The van der Waals surface area contributed by atoms with Gasteiger partial charge in [0.25, 0.3) is 0 Å². The highest BCUT2D eigenvalue weighted by Gasteiger charge is 2.67. The van der Waals surface area contributed by atoms with Crippen molar-refractivity contribution in [1.29, 1.82) is 0 Å². The second kappa shape index (κ2) is 11.5. The normalized spacial score (nSPS) is 10.1. The van der Waals surface area contributed by atoms with Crippen molar-refractivity contribution in [1.82, 2.24) is 0 Å². The van der Waals surface area contributed by atoms with Gasteiger partial charge in [-0.15, -0.1) is 0 Å². The summed E-state index contributed by atoms with van der Waals surface area (Å²) in [6.45, 7) is 0. The van der Waals surface area contributed by atoms with Crippen molar-refractivity contribution in [2.75, 3.05) is 0 Å². The Balaban J connectivity index is 1.95. The lowest BCUT2D eigenvalue weighted by molar-refractivity contribution is -0.788. The maximum Gasteiger partial charge on any atom is 1.38 e. The van der Waals surface area contributed by atoms with Gasteiger partial charge in [-0.3, -0.25) is 11.7 Å². The van der Waals surface area contributed by atoms with E-state index in [0.29, 0.717) is 0 Å². The highest BCUT2D eigenvalue weighted by Crippen LogP contribution is 2.23. The lowest BCUT2D eigenvalue weighted by atomic mass is 10.2. The Bertz CT molecular complexity index is 1260. The number of carbonyl (C=O) groups excluding carboxylic acids is 3. The van der Waals surface area contributed by atoms with E-state index in [9.17, 15) is 44.4 Å². The molecule has 37 heavy (non-hydrogen) atoms. The van der Waals surface area contributed by atoms with Crippen LogP contribution < -0.4 is 15.3 Å². The number of aromatic carboxylic acids is 3. The molecule has 0 amide bonds. The fourth-order valence-electron chi connectivity index (χ4n) is 2.88. The largest absolute Gasteiger partial charge is 1.38 e. The van der Waals surface area contributed by atoms with Gasteiger partial charge < -0.3 is 29.7 Å². The average molecular weight is 525 g/mol. The first-order valence-electron chi connectivity index (χ1n) is 9.93. The molecule has 0 aliphatic carbocycles. The number of para-hydroxylation sites is 3. The van der Waals surface area contributed by atoms with E-state index in [-0.39, 0.29) is 0 Å². The molecular weight excluding hydrogens is 513 g/mol. The maximum absolute atomic E-state index is 12.6. The topological polar surface area (TPSA) is 208 Å². The van der Waals surface area contributed by atoms with Crippen molar-refractivity contribution in [2.24, 2.45) is 0 Å². The zero-order valence-corrected chi connectivity index (χ0v) is 19.4. The van der Waals surface area contributed by atoms with Crippen LogP contribution in [-0.4, -0.2) is 47.8 Å². The molecule has 0 fully saturated rings. The molecule has 3 rings (SSSR count). The molecule has 0 aromatic heterocycles. The van der Waals surface area contributed by atoms with Crippen molar-refractivity contribution in [2.45, 2.75) is 0 Å². The van der Waals surface area contributed by atoms with Gasteiger partial charge in [-0.1, -0.05) is 36.4 Å². The molecule has 0 radical (unpaired) electrons. The van der Waals surface area contributed by atoms with Crippen LogP contribution in [0.1, 0.15) is 31.1 Å². The number of hydrogen-bond acceptors (Lipinski definition) is 12. The number of carboxylic acid groups (broad SMARTS) is 3. The van der Waals surface area contributed by atoms with Crippen molar-refractivity contribution in [3.05, 3.63) is 104 Å². The van der Waals surface area contributed by atoms with E-state index in [1.54, 1.807) is 0 Å². The van der Waals surface area contributed by atoms with E-state index >= 15 is 0 Å². The number of nitrogens with zero attached hydrogens (tertiary/aromatic N) is 3. The second-order valence-electron chi connectivity index (χ2n) is 6.79. The Morgan fingerprint density at radius 3 is 1.00 bits per heavy atom. The molecule has 0 atom stereocenters. The number of benzene rings is 3. The third kappa shape index (κ3) is 6.28. The smallest absolute Gasteiger partial charge is 0.545 e. The molecule has 0 aliphatic heterocycles. The summed E-state index contributed by atoms with van der Waals surface area (Å²) in [4.78, 5) is 70.5. The van der Waals surface area contributed by atoms with Crippen LogP contribution in [0, 0.1) is 14.7 Å². The third-order valence-corrected chi connectivity index (χ3v) is 5.60. The molecule has 0 saturated heterocycles. The Hall–Kier alpha value is -5.20. The predicted molar refractivity (Wildman–Crippen MR) is 111 cm³/mol. The summed E-state index contributed by atoms with van der Waals surface area (Å²) in [6.07, 6.45) is 0.